The number of hydrogen-bond donors (Lipinski definition) is 1. The zero-order valence-electron chi connectivity index (χ0n) is 22.7. The summed E-state index contributed by atoms with van der Waals surface area (Å²) in [5, 5.41) is 2.76. The minimum atomic E-state index is -0.901. The van der Waals surface area contributed by atoms with Gasteiger partial charge in [0.15, 0.2) is 5.69 Å². The van der Waals surface area contributed by atoms with Gasteiger partial charge in [0.2, 0.25) is 5.91 Å². The maximum absolute atomic E-state index is 11.6. The summed E-state index contributed by atoms with van der Waals surface area (Å²) in [5.41, 5.74) is 5.65. The molecule has 1 amide bonds. The van der Waals surface area contributed by atoms with Crippen LogP contribution in [-0.2, 0) is 17.9 Å². The minimum Gasteiger partial charge on any atom is -0.494 e. The van der Waals surface area contributed by atoms with Crippen molar-refractivity contribution in [2.45, 2.75) is 40.3 Å². The van der Waals surface area contributed by atoms with Crippen LogP contribution in [0.2, 0.25) is 0 Å². The minimum absolute atomic E-state index is 0. The van der Waals surface area contributed by atoms with Gasteiger partial charge in [-0.1, -0.05) is 36.4 Å². The largest absolute Gasteiger partial charge is 1.00 e. The van der Waals surface area contributed by atoms with E-state index >= 15 is 0 Å². The number of benzene rings is 3. The molecule has 0 fully saturated rings. The molecule has 3 aromatic carbocycles. The van der Waals surface area contributed by atoms with Crippen molar-refractivity contribution in [3.05, 3.63) is 104 Å². The summed E-state index contributed by atoms with van der Waals surface area (Å²) in [6.45, 7) is 7.30. The Morgan fingerprint density at radius 2 is 1.72 bits per heavy atom. The number of amides is 1. The van der Waals surface area contributed by atoms with E-state index in [-0.39, 0.29) is 42.0 Å². The average molecular weight is 540 g/mol. The van der Waals surface area contributed by atoms with Crippen molar-refractivity contribution in [1.29, 1.82) is 0 Å². The Labute approximate surface area is 248 Å². The summed E-state index contributed by atoms with van der Waals surface area (Å²) >= 11 is 0. The van der Waals surface area contributed by atoms with Crippen LogP contribution in [0.25, 0.3) is 11.1 Å². The van der Waals surface area contributed by atoms with Crippen LogP contribution in [0.4, 0.5) is 0 Å². The molecule has 1 aromatic heterocycles. The number of rotatable bonds is 11. The number of nitrogens with one attached hydrogen (secondary N) is 1. The van der Waals surface area contributed by atoms with Crippen LogP contribution >= 0.6 is 0 Å². The van der Waals surface area contributed by atoms with E-state index in [1.807, 2.05) is 48.5 Å². The van der Waals surface area contributed by atoms with Gasteiger partial charge in [-0.05, 0) is 77.9 Å². The Morgan fingerprint density at radius 1 is 0.974 bits per heavy atom. The molecule has 10 heteroatoms. The molecule has 1 N–H and O–H groups in total. The van der Waals surface area contributed by atoms with E-state index in [0.717, 1.165) is 50.3 Å². The third-order valence-electron chi connectivity index (χ3n) is 6.13. The van der Waals surface area contributed by atoms with Gasteiger partial charge < -0.3 is 24.3 Å². The molecule has 4 rings (SSSR count). The number of aryl methyl sites for hydroxylation is 1. The molecule has 198 valence electrons. The van der Waals surface area contributed by atoms with Crippen LogP contribution in [0.15, 0.2) is 74.8 Å². The molecule has 0 aliphatic heterocycles. The maximum Gasteiger partial charge on any atom is 1.00 e. The van der Waals surface area contributed by atoms with E-state index in [9.17, 15) is 14.4 Å². The second kappa shape index (κ2) is 14.0. The number of nitrogens with zero attached hydrogens (tertiary/aromatic N) is 2. The SMILES string of the molecule is CC(=O)NCCCOc1ccc(-c2cccc(COc3ccc(Cn4oc(=O)[n-]c4=O)cc3)c2C)c(C)c1.[Na+]. The Kier molecular flexibility index (Phi) is 10.8. The first kappa shape index (κ1) is 30.0. The molecule has 0 unspecified atom stereocenters. The Hall–Kier alpha value is -3.53. The van der Waals surface area contributed by atoms with Gasteiger partial charge in [0.1, 0.15) is 18.1 Å². The number of carbonyl (C=O) groups is 1. The van der Waals surface area contributed by atoms with Crippen molar-refractivity contribution in [3.63, 3.8) is 0 Å². The summed E-state index contributed by atoms with van der Waals surface area (Å²) in [5.74, 6) is 0.549. The maximum atomic E-state index is 11.6. The molecule has 0 saturated carbocycles. The fraction of sp³-hybridized carbons (Fsp3) is 0.276. The van der Waals surface area contributed by atoms with E-state index in [1.54, 1.807) is 0 Å². The Balaban J connectivity index is 0.00000420. The smallest absolute Gasteiger partial charge is 0.494 e. The van der Waals surface area contributed by atoms with Crippen LogP contribution < -0.4 is 60.8 Å². The van der Waals surface area contributed by atoms with E-state index in [0.29, 0.717) is 25.5 Å². The number of hydrogen-bond acceptors (Lipinski definition) is 6. The number of carbonyl (C=O) groups excluding carboxylic acids is 1. The first-order valence-corrected chi connectivity index (χ1v) is 12.3. The first-order valence-electron chi connectivity index (χ1n) is 12.3. The van der Waals surface area contributed by atoms with Gasteiger partial charge in [0, 0.05) is 20.0 Å². The monoisotopic (exact) mass is 539 g/mol. The van der Waals surface area contributed by atoms with Crippen LogP contribution in [-0.4, -0.2) is 23.8 Å². The molecule has 0 saturated heterocycles. The van der Waals surface area contributed by atoms with Gasteiger partial charge in [0.25, 0.3) is 0 Å². The summed E-state index contributed by atoms with van der Waals surface area (Å²) < 4.78 is 17.5. The molecule has 0 bridgehead atoms. The zero-order chi connectivity index (χ0) is 27.1. The predicted molar refractivity (Wildman–Crippen MR) is 143 cm³/mol. The van der Waals surface area contributed by atoms with E-state index in [4.69, 9.17) is 14.0 Å². The standard InChI is InChI=1S/C29H31N3O6.Na/c1-19-16-25(36-15-5-14-30-21(3)33)12-13-26(19)27-7-4-6-23(20(27)2)18-37-24-10-8-22(9-11-24)17-32-28(34)31-29(35)38-32;/h4,6-13,16H,5,14-15,17-18H2,1-3H3,(H2,30,31,33,34,35);/q;+1/p-1. The van der Waals surface area contributed by atoms with Crippen LogP contribution in [0.5, 0.6) is 11.5 Å². The molecule has 0 aliphatic rings. The van der Waals surface area contributed by atoms with Crippen molar-refractivity contribution in [2.75, 3.05) is 13.2 Å². The Bertz CT molecular complexity index is 1520. The summed E-state index contributed by atoms with van der Waals surface area (Å²) in [7, 11) is 0. The molecule has 4 aromatic rings. The topological polar surface area (TPSA) is 114 Å². The fourth-order valence-corrected chi connectivity index (χ4v) is 4.09. The van der Waals surface area contributed by atoms with Crippen molar-refractivity contribution in [3.8, 4) is 22.6 Å². The predicted octanol–water partition coefficient (Wildman–Crippen LogP) is 0.579. The third-order valence-corrected chi connectivity index (χ3v) is 6.13. The van der Waals surface area contributed by atoms with Crippen molar-refractivity contribution in [2.24, 2.45) is 0 Å². The van der Waals surface area contributed by atoms with E-state index < -0.39 is 11.4 Å². The van der Waals surface area contributed by atoms with E-state index in [1.165, 1.54) is 6.92 Å². The summed E-state index contributed by atoms with van der Waals surface area (Å²) in [4.78, 5) is 36.8. The van der Waals surface area contributed by atoms with Gasteiger partial charge in [-0.25, -0.2) is 4.79 Å². The second-order valence-corrected chi connectivity index (χ2v) is 8.97. The molecule has 0 radical (unpaired) electrons. The average Bonchev–Trinajstić information content (AvgIpc) is 3.20. The van der Waals surface area contributed by atoms with Gasteiger partial charge in [0.05, 0.1) is 6.61 Å². The van der Waals surface area contributed by atoms with Crippen molar-refractivity contribution in [1.82, 2.24) is 15.0 Å². The molecule has 39 heavy (non-hydrogen) atoms. The molecule has 1 heterocycles. The summed E-state index contributed by atoms with van der Waals surface area (Å²) in [6.07, 6.45) is 0.744. The van der Waals surface area contributed by atoms with E-state index in [2.05, 4.69) is 36.3 Å². The molecular formula is C29H30N3NaO6. The van der Waals surface area contributed by atoms with Crippen LogP contribution in [0, 0.1) is 13.8 Å². The van der Waals surface area contributed by atoms with Crippen molar-refractivity contribution < 1.29 is 48.3 Å². The molecule has 0 aliphatic carbocycles. The molecule has 9 nitrogen and oxygen atoms in total. The first-order chi connectivity index (χ1) is 18.3. The molecule has 0 atom stereocenters. The van der Waals surface area contributed by atoms with Crippen molar-refractivity contribution >= 4 is 5.91 Å². The second-order valence-electron chi connectivity index (χ2n) is 8.97. The molecule has 0 spiro atoms. The molecular weight excluding hydrogens is 509 g/mol. The third kappa shape index (κ3) is 8.23. The quantitative estimate of drug-likeness (QED) is 0.219. The summed E-state index contributed by atoms with van der Waals surface area (Å²) in [6, 6.07) is 19.5. The van der Waals surface area contributed by atoms with Crippen LogP contribution in [0.1, 0.15) is 35.6 Å². The fourth-order valence-electron chi connectivity index (χ4n) is 4.09. The van der Waals surface area contributed by atoms with Gasteiger partial charge in [-0.3, -0.25) is 14.3 Å². The number of ether oxygens (including phenoxy) is 2. The number of aromatic nitrogens is 2. The van der Waals surface area contributed by atoms with Gasteiger partial charge >= 0.3 is 35.3 Å². The van der Waals surface area contributed by atoms with Crippen LogP contribution in [0.3, 0.4) is 0 Å². The van der Waals surface area contributed by atoms with Gasteiger partial charge in [-0.15, -0.1) is 0 Å². The Morgan fingerprint density at radius 3 is 2.38 bits per heavy atom. The van der Waals surface area contributed by atoms with Gasteiger partial charge in [-0.2, -0.15) is 0 Å². The zero-order valence-corrected chi connectivity index (χ0v) is 24.7. The normalized spacial score (nSPS) is 10.5.